The number of aromatic nitrogens is 5. The van der Waals surface area contributed by atoms with Crippen LogP contribution in [0, 0.1) is 0 Å². The lowest BCUT2D eigenvalue weighted by molar-refractivity contribution is 0.584. The van der Waals surface area contributed by atoms with Crippen LogP contribution in [-0.4, -0.2) is 52.5 Å². The van der Waals surface area contributed by atoms with Gasteiger partial charge in [0.1, 0.15) is 5.82 Å². The molecule has 2 aromatic heterocycles. The molecule has 0 aliphatic heterocycles. The number of nitrogens with zero attached hydrogens (tertiary/aromatic N) is 5. The Hall–Kier alpha value is -1.81. The summed E-state index contributed by atoms with van der Waals surface area (Å²) < 4.78 is 26.4. The molecule has 0 saturated heterocycles. The zero-order chi connectivity index (χ0) is 13.0. The van der Waals surface area contributed by atoms with Gasteiger partial charge in [-0.05, 0) is 22.6 Å². The zero-order valence-corrected chi connectivity index (χ0v) is 10.6. The highest BCUT2D eigenvalue weighted by Gasteiger charge is 2.08. The van der Waals surface area contributed by atoms with Gasteiger partial charge in [0, 0.05) is 13.1 Å². The van der Waals surface area contributed by atoms with E-state index in [1.54, 1.807) is 19.1 Å². The topological polar surface area (TPSA) is 114 Å². The molecule has 0 radical (unpaired) electrons. The summed E-state index contributed by atoms with van der Waals surface area (Å²) in [5.41, 5.74) is 0.529. The summed E-state index contributed by atoms with van der Waals surface area (Å²) >= 11 is 0. The first-order valence-electron chi connectivity index (χ1n) is 5.37. The molecule has 98 valence electrons. The highest BCUT2D eigenvalue weighted by Crippen LogP contribution is 2.02. The zero-order valence-electron chi connectivity index (χ0n) is 9.74. The van der Waals surface area contributed by atoms with Gasteiger partial charge in [0.05, 0.1) is 5.75 Å². The maximum atomic E-state index is 11.4. The Morgan fingerprint density at radius 3 is 3.00 bits per heavy atom. The van der Waals surface area contributed by atoms with Crippen LogP contribution in [0.25, 0.3) is 5.65 Å². The van der Waals surface area contributed by atoms with Crippen LogP contribution in [0.3, 0.4) is 0 Å². The second kappa shape index (κ2) is 5.23. The van der Waals surface area contributed by atoms with Gasteiger partial charge in [-0.2, -0.15) is 0 Å². The lowest BCUT2D eigenvalue weighted by Gasteiger charge is -2.06. The van der Waals surface area contributed by atoms with Gasteiger partial charge in [0.15, 0.2) is 5.65 Å². The van der Waals surface area contributed by atoms with Gasteiger partial charge in [-0.3, -0.25) is 0 Å². The molecule has 2 rings (SSSR count). The van der Waals surface area contributed by atoms with Crippen LogP contribution in [0.4, 0.5) is 5.82 Å². The van der Waals surface area contributed by atoms with Crippen LogP contribution in [0.1, 0.15) is 6.92 Å². The van der Waals surface area contributed by atoms with E-state index in [0.29, 0.717) is 18.0 Å². The fraction of sp³-hybridized carbons (Fsp3) is 0.500. The summed E-state index contributed by atoms with van der Waals surface area (Å²) in [6, 6.07) is 3.37. The summed E-state index contributed by atoms with van der Waals surface area (Å²) in [5.74, 6) is 0.498. The van der Waals surface area contributed by atoms with Crippen LogP contribution in [0.5, 0.6) is 0 Å². The van der Waals surface area contributed by atoms with E-state index in [0.717, 1.165) is 0 Å². The van der Waals surface area contributed by atoms with Gasteiger partial charge >= 0.3 is 0 Å². The second-order valence-electron chi connectivity index (χ2n) is 3.49. The van der Waals surface area contributed by atoms with E-state index in [-0.39, 0.29) is 12.3 Å². The predicted octanol–water partition coefficient (Wildman–Crippen LogP) is -1.13. The van der Waals surface area contributed by atoms with Crippen molar-refractivity contribution in [3.63, 3.8) is 0 Å². The lowest BCUT2D eigenvalue weighted by Crippen LogP contribution is -2.29. The molecule has 2 N–H and O–H groups in total. The van der Waals surface area contributed by atoms with Gasteiger partial charge in [0.25, 0.3) is 0 Å². The van der Waals surface area contributed by atoms with Gasteiger partial charge < -0.3 is 5.32 Å². The van der Waals surface area contributed by atoms with Gasteiger partial charge in [-0.15, -0.1) is 14.8 Å². The molecule has 0 bridgehead atoms. The van der Waals surface area contributed by atoms with Crippen molar-refractivity contribution in [3.8, 4) is 0 Å². The molecule has 0 atom stereocenters. The molecule has 0 saturated carbocycles. The van der Waals surface area contributed by atoms with Crippen LogP contribution in [-0.2, 0) is 10.0 Å². The van der Waals surface area contributed by atoms with Crippen molar-refractivity contribution < 1.29 is 8.42 Å². The Bertz CT molecular complexity index is 623. The van der Waals surface area contributed by atoms with Crippen LogP contribution >= 0.6 is 0 Å². The molecule has 2 aromatic rings. The Kier molecular flexibility index (Phi) is 3.67. The Morgan fingerprint density at radius 1 is 1.39 bits per heavy atom. The standard InChI is InChI=1S/C8H13N7O2S/c1-2-10-18(16,17)6-5-9-7-3-4-8-11-13-14-15(8)12-7/h3-4,10H,2,5-6H2,1H3,(H,9,12). The molecule has 0 fully saturated rings. The maximum absolute atomic E-state index is 11.4. The minimum absolute atomic E-state index is 0.0177. The van der Waals surface area contributed by atoms with E-state index in [4.69, 9.17) is 0 Å². The molecule has 0 spiro atoms. The molecule has 0 unspecified atom stereocenters. The van der Waals surface area contributed by atoms with Crippen molar-refractivity contribution in [2.45, 2.75) is 6.92 Å². The van der Waals surface area contributed by atoms with Crippen molar-refractivity contribution in [2.24, 2.45) is 0 Å². The molecule has 18 heavy (non-hydrogen) atoms. The largest absolute Gasteiger partial charge is 0.368 e. The number of anilines is 1. The van der Waals surface area contributed by atoms with Crippen molar-refractivity contribution in [1.82, 2.24) is 30.0 Å². The number of hydrogen-bond acceptors (Lipinski definition) is 7. The third kappa shape index (κ3) is 3.11. The average molecular weight is 271 g/mol. The van der Waals surface area contributed by atoms with Crippen molar-refractivity contribution >= 4 is 21.5 Å². The summed E-state index contributed by atoms with van der Waals surface area (Å²) in [7, 11) is -3.22. The Labute approximate surface area is 104 Å². The number of rotatable bonds is 6. The Morgan fingerprint density at radius 2 is 2.22 bits per heavy atom. The molecular weight excluding hydrogens is 258 g/mol. The molecule has 0 aliphatic rings. The summed E-state index contributed by atoms with van der Waals surface area (Å²) in [6.07, 6.45) is 0. The Balaban J connectivity index is 1.94. The predicted molar refractivity (Wildman–Crippen MR) is 64.5 cm³/mol. The van der Waals surface area contributed by atoms with E-state index in [1.807, 2.05) is 0 Å². The van der Waals surface area contributed by atoms with Crippen LogP contribution in [0.2, 0.25) is 0 Å². The summed E-state index contributed by atoms with van der Waals surface area (Å²) in [5, 5.41) is 17.8. The first-order valence-corrected chi connectivity index (χ1v) is 7.02. The van der Waals surface area contributed by atoms with E-state index in [2.05, 4.69) is 30.7 Å². The van der Waals surface area contributed by atoms with E-state index >= 15 is 0 Å². The van der Waals surface area contributed by atoms with Crippen molar-refractivity contribution in [2.75, 3.05) is 24.2 Å². The molecule has 0 aromatic carbocycles. The van der Waals surface area contributed by atoms with Crippen molar-refractivity contribution in [1.29, 1.82) is 0 Å². The number of hydrogen-bond donors (Lipinski definition) is 2. The van der Waals surface area contributed by atoms with E-state index < -0.39 is 10.0 Å². The third-order valence-electron chi connectivity index (χ3n) is 2.11. The first kappa shape index (κ1) is 12.6. The number of tetrazole rings is 1. The van der Waals surface area contributed by atoms with E-state index in [9.17, 15) is 8.42 Å². The normalized spacial score (nSPS) is 11.8. The molecule has 10 heteroatoms. The lowest BCUT2D eigenvalue weighted by atomic mass is 10.5. The van der Waals surface area contributed by atoms with Crippen molar-refractivity contribution in [3.05, 3.63) is 12.1 Å². The number of fused-ring (bicyclic) bond motifs is 1. The number of sulfonamides is 1. The molecule has 0 aliphatic carbocycles. The molecule has 0 amide bonds. The van der Waals surface area contributed by atoms with Crippen LogP contribution < -0.4 is 10.0 Å². The molecular formula is C8H13N7O2S. The average Bonchev–Trinajstić information content (AvgIpc) is 2.75. The molecule has 2 heterocycles. The monoisotopic (exact) mass is 271 g/mol. The van der Waals surface area contributed by atoms with Gasteiger partial charge in [0.2, 0.25) is 10.0 Å². The maximum Gasteiger partial charge on any atom is 0.213 e. The van der Waals surface area contributed by atoms with Gasteiger partial charge in [-0.25, -0.2) is 13.1 Å². The van der Waals surface area contributed by atoms with Crippen LogP contribution in [0.15, 0.2) is 12.1 Å². The quantitative estimate of drug-likeness (QED) is 0.683. The highest BCUT2D eigenvalue weighted by molar-refractivity contribution is 7.89. The minimum atomic E-state index is -3.22. The smallest absolute Gasteiger partial charge is 0.213 e. The highest BCUT2D eigenvalue weighted by atomic mass is 32.2. The first-order chi connectivity index (χ1) is 8.61. The molecule has 9 nitrogen and oxygen atoms in total. The third-order valence-corrected chi connectivity index (χ3v) is 3.58. The second-order valence-corrected chi connectivity index (χ2v) is 5.42. The minimum Gasteiger partial charge on any atom is -0.368 e. The van der Waals surface area contributed by atoms with E-state index in [1.165, 1.54) is 4.63 Å². The summed E-state index contributed by atoms with van der Waals surface area (Å²) in [4.78, 5) is 0. The SMILES string of the molecule is CCNS(=O)(=O)CCNc1ccc2nnnn2n1. The van der Waals surface area contributed by atoms with Gasteiger partial charge in [-0.1, -0.05) is 6.92 Å². The number of nitrogens with one attached hydrogen (secondary N) is 2. The summed E-state index contributed by atoms with van der Waals surface area (Å²) in [6.45, 7) is 2.38. The fourth-order valence-corrected chi connectivity index (χ4v) is 2.30. The fourth-order valence-electron chi connectivity index (χ4n) is 1.35.